The van der Waals surface area contributed by atoms with E-state index in [-0.39, 0.29) is 5.56 Å². The van der Waals surface area contributed by atoms with Gasteiger partial charge in [-0.05, 0) is 30.7 Å². The Hall–Kier alpha value is -3.12. The van der Waals surface area contributed by atoms with Crippen LogP contribution in [0.2, 0.25) is 0 Å². The molecule has 2 heterocycles. The molecule has 0 radical (unpaired) electrons. The molecule has 1 saturated heterocycles. The van der Waals surface area contributed by atoms with Gasteiger partial charge in [0.1, 0.15) is 29.3 Å². The van der Waals surface area contributed by atoms with Crippen LogP contribution in [0.15, 0.2) is 36.5 Å². The van der Waals surface area contributed by atoms with Crippen LogP contribution in [0.25, 0.3) is 0 Å². The van der Waals surface area contributed by atoms with Gasteiger partial charge in [-0.3, -0.25) is 0 Å². The van der Waals surface area contributed by atoms with Crippen molar-refractivity contribution in [3.63, 3.8) is 0 Å². The van der Waals surface area contributed by atoms with Crippen LogP contribution in [-0.2, 0) is 0 Å². The Labute approximate surface area is 140 Å². The number of nitriles is 2. The zero-order chi connectivity index (χ0) is 16.9. The molecule has 2 aromatic rings. The highest BCUT2D eigenvalue weighted by Crippen LogP contribution is 2.25. The highest BCUT2D eigenvalue weighted by Gasteiger charge is 2.21. The van der Waals surface area contributed by atoms with Gasteiger partial charge in [0.15, 0.2) is 0 Å². The molecule has 1 aromatic carbocycles. The van der Waals surface area contributed by atoms with Gasteiger partial charge in [-0.25, -0.2) is 9.37 Å². The highest BCUT2D eigenvalue weighted by atomic mass is 19.1. The third-order valence-electron chi connectivity index (χ3n) is 4.15. The van der Waals surface area contributed by atoms with Gasteiger partial charge >= 0.3 is 0 Å². The topological polar surface area (TPSA) is 67.0 Å². The standard InChI is InChI=1S/C18H16FN5/c19-16-5-1-6-17(15(16)13-21)23-8-3-9-24(11-10-23)18-14(12-20)4-2-7-22-18/h1-2,4-7H,3,8-11H2. The van der Waals surface area contributed by atoms with Crippen LogP contribution in [0.5, 0.6) is 0 Å². The van der Waals surface area contributed by atoms with Crippen LogP contribution in [0.1, 0.15) is 17.5 Å². The molecule has 0 amide bonds. The van der Waals surface area contributed by atoms with Crippen molar-refractivity contribution in [3.05, 3.63) is 53.5 Å². The number of hydrogen-bond acceptors (Lipinski definition) is 5. The predicted octanol–water partition coefficient (Wildman–Crippen LogP) is 2.68. The lowest BCUT2D eigenvalue weighted by atomic mass is 10.1. The van der Waals surface area contributed by atoms with Crippen molar-refractivity contribution in [2.75, 3.05) is 36.0 Å². The van der Waals surface area contributed by atoms with E-state index in [4.69, 9.17) is 0 Å². The molecule has 24 heavy (non-hydrogen) atoms. The van der Waals surface area contributed by atoms with Crippen molar-refractivity contribution in [3.8, 4) is 12.1 Å². The Morgan fingerprint density at radius 3 is 2.54 bits per heavy atom. The molecule has 1 aliphatic heterocycles. The molecule has 6 heteroatoms. The van der Waals surface area contributed by atoms with E-state index >= 15 is 0 Å². The minimum Gasteiger partial charge on any atom is -0.369 e. The highest BCUT2D eigenvalue weighted by molar-refractivity contribution is 5.61. The second-order valence-corrected chi connectivity index (χ2v) is 5.56. The minimum atomic E-state index is -0.493. The Morgan fingerprint density at radius 2 is 1.75 bits per heavy atom. The molecule has 120 valence electrons. The van der Waals surface area contributed by atoms with Crippen molar-refractivity contribution in [2.45, 2.75) is 6.42 Å². The molecule has 1 aromatic heterocycles. The van der Waals surface area contributed by atoms with Gasteiger partial charge in [0.05, 0.1) is 11.3 Å². The third kappa shape index (κ3) is 3.00. The molecule has 0 unspecified atom stereocenters. The number of pyridine rings is 1. The molecule has 3 rings (SSSR count). The molecular formula is C18H16FN5. The van der Waals surface area contributed by atoms with Crippen molar-refractivity contribution in [1.29, 1.82) is 10.5 Å². The van der Waals surface area contributed by atoms with Crippen LogP contribution in [0.3, 0.4) is 0 Å². The van der Waals surface area contributed by atoms with Crippen LogP contribution in [0, 0.1) is 28.5 Å². The van der Waals surface area contributed by atoms with E-state index in [1.165, 1.54) is 6.07 Å². The van der Waals surface area contributed by atoms with Crippen LogP contribution < -0.4 is 9.80 Å². The zero-order valence-electron chi connectivity index (χ0n) is 13.1. The van der Waals surface area contributed by atoms with Gasteiger partial charge < -0.3 is 9.80 Å². The fraction of sp³-hybridized carbons (Fsp3) is 0.278. The summed E-state index contributed by atoms with van der Waals surface area (Å²) in [5.74, 6) is 0.189. The smallest absolute Gasteiger partial charge is 0.146 e. The molecule has 0 saturated carbocycles. The van der Waals surface area contributed by atoms with Crippen molar-refractivity contribution in [1.82, 2.24) is 4.98 Å². The lowest BCUT2D eigenvalue weighted by Gasteiger charge is -2.25. The number of anilines is 2. The van der Waals surface area contributed by atoms with E-state index in [1.54, 1.807) is 30.5 Å². The van der Waals surface area contributed by atoms with Crippen molar-refractivity contribution in [2.24, 2.45) is 0 Å². The number of aromatic nitrogens is 1. The Morgan fingerprint density at radius 1 is 0.958 bits per heavy atom. The molecule has 0 N–H and O–H groups in total. The van der Waals surface area contributed by atoms with E-state index in [0.29, 0.717) is 30.2 Å². The number of hydrogen-bond donors (Lipinski definition) is 0. The Kier molecular flexibility index (Phi) is 4.58. The lowest BCUT2D eigenvalue weighted by molar-refractivity contribution is 0.622. The van der Waals surface area contributed by atoms with Gasteiger partial charge in [-0.2, -0.15) is 10.5 Å². The van der Waals surface area contributed by atoms with Gasteiger partial charge in [0.25, 0.3) is 0 Å². The van der Waals surface area contributed by atoms with Gasteiger partial charge in [0.2, 0.25) is 0 Å². The molecule has 0 atom stereocenters. The first kappa shape index (κ1) is 15.8. The van der Waals surface area contributed by atoms with Crippen LogP contribution in [0.4, 0.5) is 15.9 Å². The maximum atomic E-state index is 13.8. The Balaban J connectivity index is 1.83. The van der Waals surface area contributed by atoms with Crippen LogP contribution >= 0.6 is 0 Å². The van der Waals surface area contributed by atoms with E-state index in [2.05, 4.69) is 16.0 Å². The van der Waals surface area contributed by atoms with E-state index in [1.807, 2.05) is 11.0 Å². The van der Waals surface area contributed by atoms with Gasteiger partial charge in [-0.15, -0.1) is 0 Å². The van der Waals surface area contributed by atoms with Gasteiger partial charge in [-0.1, -0.05) is 6.07 Å². The monoisotopic (exact) mass is 321 g/mol. The van der Waals surface area contributed by atoms with Gasteiger partial charge in [0, 0.05) is 32.4 Å². The molecule has 1 aliphatic rings. The summed E-state index contributed by atoms with van der Waals surface area (Å²) in [5, 5.41) is 18.5. The van der Waals surface area contributed by atoms with E-state index in [0.717, 1.165) is 19.5 Å². The lowest BCUT2D eigenvalue weighted by Crippen LogP contribution is -2.32. The van der Waals surface area contributed by atoms with Crippen molar-refractivity contribution >= 4 is 11.5 Å². The Bertz CT molecular complexity index is 821. The van der Waals surface area contributed by atoms with Crippen LogP contribution in [-0.4, -0.2) is 31.2 Å². The summed E-state index contributed by atoms with van der Waals surface area (Å²) in [7, 11) is 0. The fourth-order valence-electron chi connectivity index (χ4n) is 2.99. The first-order valence-electron chi connectivity index (χ1n) is 7.78. The first-order valence-corrected chi connectivity index (χ1v) is 7.78. The molecule has 0 bridgehead atoms. The minimum absolute atomic E-state index is 0.0847. The second kappa shape index (κ2) is 6.97. The summed E-state index contributed by atoms with van der Waals surface area (Å²) in [4.78, 5) is 8.43. The summed E-state index contributed by atoms with van der Waals surface area (Å²) < 4.78 is 13.8. The summed E-state index contributed by atoms with van der Waals surface area (Å²) in [6.45, 7) is 2.79. The fourth-order valence-corrected chi connectivity index (χ4v) is 2.99. The summed E-state index contributed by atoms with van der Waals surface area (Å²) in [5.41, 5.74) is 1.26. The quantitative estimate of drug-likeness (QED) is 0.851. The molecule has 1 fully saturated rings. The average molecular weight is 321 g/mol. The summed E-state index contributed by atoms with van der Waals surface area (Å²) >= 11 is 0. The normalized spacial score (nSPS) is 14.6. The number of benzene rings is 1. The predicted molar refractivity (Wildman–Crippen MR) is 89.1 cm³/mol. The molecule has 0 aliphatic carbocycles. The third-order valence-corrected chi connectivity index (χ3v) is 4.15. The number of nitrogens with zero attached hydrogens (tertiary/aromatic N) is 5. The number of rotatable bonds is 2. The molecule has 0 spiro atoms. The van der Waals surface area contributed by atoms with E-state index < -0.39 is 5.82 Å². The first-order chi connectivity index (χ1) is 11.7. The number of halogens is 1. The zero-order valence-corrected chi connectivity index (χ0v) is 13.1. The maximum Gasteiger partial charge on any atom is 0.146 e. The van der Waals surface area contributed by atoms with E-state index in [9.17, 15) is 14.9 Å². The maximum absolute atomic E-state index is 13.8. The average Bonchev–Trinajstić information content (AvgIpc) is 2.87. The SMILES string of the molecule is N#Cc1cccnc1N1CCCN(c2cccc(F)c2C#N)CC1. The molecular weight excluding hydrogens is 305 g/mol. The summed E-state index contributed by atoms with van der Waals surface area (Å²) in [6.07, 6.45) is 2.52. The summed E-state index contributed by atoms with van der Waals surface area (Å²) in [6, 6.07) is 12.3. The van der Waals surface area contributed by atoms with Crippen molar-refractivity contribution < 1.29 is 4.39 Å². The largest absolute Gasteiger partial charge is 0.369 e. The second-order valence-electron chi connectivity index (χ2n) is 5.56. The molecule has 5 nitrogen and oxygen atoms in total.